The molecule has 1 aliphatic heterocycles. The molecule has 0 bridgehead atoms. The first-order valence-electron chi connectivity index (χ1n) is 8.06. The highest BCUT2D eigenvalue weighted by molar-refractivity contribution is 7.89. The number of benzene rings is 2. The molecule has 0 aromatic heterocycles. The lowest BCUT2D eigenvalue weighted by Gasteiger charge is -2.34. The summed E-state index contributed by atoms with van der Waals surface area (Å²) in [5, 5.41) is 9.05. The Labute approximate surface area is 147 Å². The lowest BCUT2D eigenvalue weighted by atomic mass is 10.2. The second-order valence-corrected chi connectivity index (χ2v) is 7.94. The lowest BCUT2D eigenvalue weighted by Crippen LogP contribution is -2.48. The molecule has 0 amide bonds. The highest BCUT2D eigenvalue weighted by Crippen LogP contribution is 2.19. The van der Waals surface area contributed by atoms with Crippen LogP contribution in [0.1, 0.15) is 15.9 Å². The van der Waals surface area contributed by atoms with Crippen molar-refractivity contribution in [1.82, 2.24) is 9.21 Å². The maximum absolute atomic E-state index is 12.7. The van der Waals surface area contributed by atoms with E-state index in [2.05, 4.69) is 17.0 Å². The van der Waals surface area contributed by atoms with Crippen molar-refractivity contribution in [2.24, 2.45) is 0 Å². The van der Waals surface area contributed by atoms with Crippen molar-refractivity contribution >= 4 is 16.0 Å². The minimum atomic E-state index is -3.67. The molecular formula is C18H20N2O4S. The zero-order valence-corrected chi connectivity index (χ0v) is 14.5. The molecule has 7 heteroatoms. The van der Waals surface area contributed by atoms with Gasteiger partial charge >= 0.3 is 5.97 Å². The molecule has 0 saturated carbocycles. The van der Waals surface area contributed by atoms with E-state index in [0.717, 1.165) is 6.54 Å². The predicted molar refractivity (Wildman–Crippen MR) is 93.9 cm³/mol. The molecule has 1 saturated heterocycles. The summed E-state index contributed by atoms with van der Waals surface area (Å²) in [6, 6.07) is 15.6. The summed E-state index contributed by atoms with van der Waals surface area (Å²) in [4.78, 5) is 13.3. The number of carboxylic acids is 1. The summed E-state index contributed by atoms with van der Waals surface area (Å²) in [5.41, 5.74) is 1.18. The summed E-state index contributed by atoms with van der Waals surface area (Å²) in [6.45, 7) is 2.88. The van der Waals surface area contributed by atoms with Gasteiger partial charge in [0.15, 0.2) is 0 Å². The SMILES string of the molecule is O=C(O)c1cccc(S(=O)(=O)N2CCN(Cc3ccccc3)CC2)c1. The topological polar surface area (TPSA) is 77.9 Å². The van der Waals surface area contributed by atoms with E-state index in [1.54, 1.807) is 0 Å². The van der Waals surface area contributed by atoms with Gasteiger partial charge in [0.05, 0.1) is 10.5 Å². The van der Waals surface area contributed by atoms with E-state index >= 15 is 0 Å². The molecule has 132 valence electrons. The van der Waals surface area contributed by atoms with Crippen LogP contribution < -0.4 is 0 Å². The molecule has 6 nitrogen and oxygen atoms in total. The monoisotopic (exact) mass is 360 g/mol. The van der Waals surface area contributed by atoms with E-state index in [1.165, 1.54) is 34.1 Å². The van der Waals surface area contributed by atoms with Crippen molar-refractivity contribution in [2.45, 2.75) is 11.4 Å². The molecule has 2 aromatic rings. The number of aromatic carboxylic acids is 1. The fourth-order valence-corrected chi connectivity index (χ4v) is 4.38. The van der Waals surface area contributed by atoms with Crippen LogP contribution in [0, 0.1) is 0 Å². The first-order chi connectivity index (χ1) is 12.0. The van der Waals surface area contributed by atoms with Crippen LogP contribution in [0.15, 0.2) is 59.5 Å². The third-order valence-electron chi connectivity index (χ3n) is 4.30. The van der Waals surface area contributed by atoms with Gasteiger partial charge in [-0.1, -0.05) is 36.4 Å². The smallest absolute Gasteiger partial charge is 0.335 e. The molecule has 0 aliphatic carbocycles. The van der Waals surface area contributed by atoms with Crippen molar-refractivity contribution in [2.75, 3.05) is 26.2 Å². The molecule has 1 heterocycles. The summed E-state index contributed by atoms with van der Waals surface area (Å²) < 4.78 is 26.9. The summed E-state index contributed by atoms with van der Waals surface area (Å²) in [5.74, 6) is -1.13. The number of hydrogen-bond donors (Lipinski definition) is 1. The number of sulfonamides is 1. The van der Waals surface area contributed by atoms with Gasteiger partial charge in [0.2, 0.25) is 10.0 Å². The van der Waals surface area contributed by atoms with Crippen LogP contribution in [0.4, 0.5) is 0 Å². The minimum absolute atomic E-state index is 0.0243. The third-order valence-corrected chi connectivity index (χ3v) is 6.19. The number of rotatable bonds is 5. The highest BCUT2D eigenvalue weighted by Gasteiger charge is 2.28. The van der Waals surface area contributed by atoms with Crippen LogP contribution in [0.3, 0.4) is 0 Å². The van der Waals surface area contributed by atoms with Gasteiger partial charge in [0.25, 0.3) is 0 Å². The average molecular weight is 360 g/mol. The van der Waals surface area contributed by atoms with Gasteiger partial charge in [0, 0.05) is 32.7 Å². The summed E-state index contributed by atoms with van der Waals surface area (Å²) in [7, 11) is -3.67. The third kappa shape index (κ3) is 4.07. The van der Waals surface area contributed by atoms with Crippen LogP contribution >= 0.6 is 0 Å². The fraction of sp³-hybridized carbons (Fsp3) is 0.278. The molecule has 0 atom stereocenters. The molecular weight excluding hydrogens is 340 g/mol. The summed E-state index contributed by atoms with van der Waals surface area (Å²) in [6.07, 6.45) is 0. The average Bonchev–Trinajstić information content (AvgIpc) is 2.63. The van der Waals surface area contributed by atoms with E-state index in [4.69, 9.17) is 5.11 Å². The van der Waals surface area contributed by atoms with E-state index < -0.39 is 16.0 Å². The molecule has 0 radical (unpaired) electrons. The van der Waals surface area contributed by atoms with Gasteiger partial charge in [-0.25, -0.2) is 13.2 Å². The molecule has 25 heavy (non-hydrogen) atoms. The predicted octanol–water partition coefficient (Wildman–Crippen LogP) is 1.89. The van der Waals surface area contributed by atoms with E-state index in [1.807, 2.05) is 18.2 Å². The number of nitrogens with zero attached hydrogens (tertiary/aromatic N) is 2. The van der Waals surface area contributed by atoms with Crippen LogP contribution in [-0.4, -0.2) is 54.9 Å². The molecule has 3 rings (SSSR count). The Hall–Kier alpha value is -2.22. The molecule has 1 N–H and O–H groups in total. The Kier molecular flexibility index (Phi) is 5.17. The zero-order valence-electron chi connectivity index (χ0n) is 13.7. The first-order valence-corrected chi connectivity index (χ1v) is 9.50. The normalized spacial score (nSPS) is 16.6. The van der Waals surface area contributed by atoms with Crippen molar-refractivity contribution in [3.8, 4) is 0 Å². The van der Waals surface area contributed by atoms with Gasteiger partial charge < -0.3 is 5.11 Å². The lowest BCUT2D eigenvalue weighted by molar-refractivity contribution is 0.0696. The Balaban J connectivity index is 1.67. The van der Waals surface area contributed by atoms with Gasteiger partial charge in [-0.15, -0.1) is 0 Å². The standard InChI is InChI=1S/C18H20N2O4S/c21-18(22)16-7-4-8-17(13-16)25(23,24)20-11-9-19(10-12-20)14-15-5-2-1-3-6-15/h1-8,13H,9-12,14H2,(H,21,22). The Morgan fingerprint density at radius 3 is 2.28 bits per heavy atom. The second-order valence-electron chi connectivity index (χ2n) is 6.00. The van der Waals surface area contributed by atoms with Gasteiger partial charge in [-0.05, 0) is 23.8 Å². The Bertz CT molecular complexity index is 844. The van der Waals surface area contributed by atoms with Crippen LogP contribution in [0.5, 0.6) is 0 Å². The first kappa shape index (κ1) is 17.6. The Morgan fingerprint density at radius 2 is 1.64 bits per heavy atom. The van der Waals surface area contributed by atoms with Gasteiger partial charge in [-0.2, -0.15) is 4.31 Å². The largest absolute Gasteiger partial charge is 0.478 e. The summed E-state index contributed by atoms with van der Waals surface area (Å²) >= 11 is 0. The number of carboxylic acid groups (broad SMARTS) is 1. The fourth-order valence-electron chi connectivity index (χ4n) is 2.91. The second kappa shape index (κ2) is 7.35. The molecule has 1 fully saturated rings. The van der Waals surface area contributed by atoms with Gasteiger partial charge in [-0.3, -0.25) is 4.90 Å². The zero-order chi connectivity index (χ0) is 17.9. The van der Waals surface area contributed by atoms with Crippen molar-refractivity contribution in [3.05, 3.63) is 65.7 Å². The van der Waals surface area contributed by atoms with E-state index in [9.17, 15) is 13.2 Å². The van der Waals surface area contributed by atoms with Crippen LogP contribution in [0.25, 0.3) is 0 Å². The van der Waals surface area contributed by atoms with E-state index in [-0.39, 0.29) is 10.5 Å². The number of piperazine rings is 1. The van der Waals surface area contributed by atoms with Crippen LogP contribution in [0.2, 0.25) is 0 Å². The molecule has 1 aliphatic rings. The number of hydrogen-bond acceptors (Lipinski definition) is 4. The maximum atomic E-state index is 12.7. The minimum Gasteiger partial charge on any atom is -0.478 e. The quantitative estimate of drug-likeness (QED) is 0.881. The highest BCUT2D eigenvalue weighted by atomic mass is 32.2. The van der Waals surface area contributed by atoms with Crippen LogP contribution in [-0.2, 0) is 16.6 Å². The Morgan fingerprint density at radius 1 is 0.960 bits per heavy atom. The maximum Gasteiger partial charge on any atom is 0.335 e. The van der Waals surface area contributed by atoms with Crippen molar-refractivity contribution in [3.63, 3.8) is 0 Å². The van der Waals surface area contributed by atoms with Gasteiger partial charge in [0.1, 0.15) is 0 Å². The van der Waals surface area contributed by atoms with Crippen molar-refractivity contribution < 1.29 is 18.3 Å². The molecule has 0 spiro atoms. The molecule has 0 unspecified atom stereocenters. The van der Waals surface area contributed by atoms with Crippen molar-refractivity contribution in [1.29, 1.82) is 0 Å². The molecule has 2 aromatic carbocycles. The van der Waals surface area contributed by atoms with E-state index in [0.29, 0.717) is 26.2 Å². The number of carbonyl (C=O) groups is 1.